The number of thioether (sulfide) groups is 1. The van der Waals surface area contributed by atoms with E-state index in [2.05, 4.69) is 15.9 Å². The van der Waals surface area contributed by atoms with Gasteiger partial charge in [-0.15, -0.1) is 0 Å². The highest BCUT2D eigenvalue weighted by Crippen LogP contribution is 2.36. The van der Waals surface area contributed by atoms with Gasteiger partial charge in [0.25, 0.3) is 5.91 Å². The van der Waals surface area contributed by atoms with Crippen molar-refractivity contribution in [3.05, 3.63) is 68.0 Å². The van der Waals surface area contributed by atoms with Gasteiger partial charge in [-0.2, -0.15) is 0 Å². The summed E-state index contributed by atoms with van der Waals surface area (Å²) in [6.07, 6.45) is 1.84. The SMILES string of the molecule is CC(C)N1C(=O)/C(=C/c2cc(Br)ccc2OCc2ccc(Cl)cc2)SC1=S. The van der Waals surface area contributed by atoms with Crippen molar-refractivity contribution in [3.8, 4) is 5.75 Å². The first-order chi connectivity index (χ1) is 12.8. The van der Waals surface area contributed by atoms with E-state index in [1.54, 1.807) is 4.90 Å². The number of thiocarbonyl (C=S) groups is 1. The summed E-state index contributed by atoms with van der Waals surface area (Å²) in [5.74, 6) is 0.631. The molecule has 0 spiro atoms. The Hall–Kier alpha value is -1.34. The van der Waals surface area contributed by atoms with Crippen LogP contribution in [0.5, 0.6) is 5.75 Å². The molecule has 1 saturated heterocycles. The van der Waals surface area contributed by atoms with Gasteiger partial charge >= 0.3 is 0 Å². The molecule has 0 aliphatic carbocycles. The zero-order chi connectivity index (χ0) is 19.6. The van der Waals surface area contributed by atoms with Crippen LogP contribution in [0.1, 0.15) is 25.0 Å². The molecule has 0 aromatic heterocycles. The maximum absolute atomic E-state index is 12.7. The average Bonchev–Trinajstić information content (AvgIpc) is 2.89. The first-order valence-electron chi connectivity index (χ1n) is 8.29. The standard InChI is InChI=1S/C20H17BrClNO2S2/c1-12(2)23-19(24)18(27-20(23)26)10-14-9-15(21)5-8-17(14)25-11-13-3-6-16(22)7-4-13/h3-10,12H,11H2,1-2H3/b18-10-. The minimum atomic E-state index is -0.0661. The Morgan fingerprint density at radius 1 is 1.26 bits per heavy atom. The Labute approximate surface area is 181 Å². The molecule has 3 nitrogen and oxygen atoms in total. The summed E-state index contributed by atoms with van der Waals surface area (Å²) in [5, 5.41) is 0.690. The number of carbonyl (C=O) groups is 1. The molecule has 27 heavy (non-hydrogen) atoms. The highest BCUT2D eigenvalue weighted by molar-refractivity contribution is 9.10. The van der Waals surface area contributed by atoms with Crippen LogP contribution in [0.15, 0.2) is 51.8 Å². The Balaban J connectivity index is 1.85. The molecule has 0 unspecified atom stereocenters. The van der Waals surface area contributed by atoms with E-state index in [9.17, 15) is 4.79 Å². The second-order valence-corrected chi connectivity index (χ2v) is 9.27. The molecule has 0 atom stereocenters. The number of rotatable bonds is 5. The molecule has 140 valence electrons. The number of amides is 1. The largest absolute Gasteiger partial charge is 0.488 e. The van der Waals surface area contributed by atoms with Gasteiger partial charge in [-0.05, 0) is 55.8 Å². The van der Waals surface area contributed by atoms with Crippen LogP contribution in [0.4, 0.5) is 0 Å². The van der Waals surface area contributed by atoms with Crippen molar-refractivity contribution in [1.29, 1.82) is 0 Å². The summed E-state index contributed by atoms with van der Waals surface area (Å²) in [7, 11) is 0. The molecule has 2 aromatic carbocycles. The van der Waals surface area contributed by atoms with Gasteiger partial charge in [-0.1, -0.05) is 63.6 Å². The minimum Gasteiger partial charge on any atom is -0.488 e. The summed E-state index contributed by atoms with van der Waals surface area (Å²) in [5.41, 5.74) is 1.84. The molecule has 1 aliphatic heterocycles. The summed E-state index contributed by atoms with van der Waals surface area (Å²) < 4.78 is 7.48. The van der Waals surface area contributed by atoms with Gasteiger partial charge in [0.05, 0.1) is 4.91 Å². The Bertz CT molecular complexity index is 913. The molecule has 2 aromatic rings. The lowest BCUT2D eigenvalue weighted by Crippen LogP contribution is -2.34. The third kappa shape index (κ3) is 4.93. The van der Waals surface area contributed by atoms with E-state index in [0.29, 0.717) is 26.6 Å². The normalized spacial score (nSPS) is 15.9. The number of hydrogen-bond acceptors (Lipinski definition) is 4. The molecule has 1 aliphatic rings. The first kappa shape index (κ1) is 20.4. The molecule has 1 fully saturated rings. The van der Waals surface area contributed by atoms with Gasteiger partial charge in [0.15, 0.2) is 0 Å². The van der Waals surface area contributed by atoms with Gasteiger partial charge in [-0.3, -0.25) is 9.69 Å². The average molecular weight is 483 g/mol. The third-order valence-corrected chi connectivity index (χ3v) is 5.98. The van der Waals surface area contributed by atoms with Crippen molar-refractivity contribution in [2.75, 3.05) is 0 Å². The van der Waals surface area contributed by atoms with Crippen LogP contribution >= 0.6 is 51.5 Å². The van der Waals surface area contributed by atoms with Gasteiger partial charge < -0.3 is 4.74 Å². The number of halogens is 2. The van der Waals surface area contributed by atoms with Crippen LogP contribution in [-0.2, 0) is 11.4 Å². The van der Waals surface area contributed by atoms with Gasteiger partial charge in [0, 0.05) is 21.1 Å². The van der Waals surface area contributed by atoms with Crippen LogP contribution in [0, 0.1) is 0 Å². The molecular weight excluding hydrogens is 466 g/mol. The highest BCUT2D eigenvalue weighted by Gasteiger charge is 2.33. The number of hydrogen-bond donors (Lipinski definition) is 0. The Morgan fingerprint density at radius 3 is 2.59 bits per heavy atom. The predicted octanol–water partition coefficient (Wildman–Crippen LogP) is 6.29. The van der Waals surface area contributed by atoms with Crippen LogP contribution < -0.4 is 4.74 Å². The van der Waals surface area contributed by atoms with Crippen molar-refractivity contribution in [1.82, 2.24) is 4.90 Å². The van der Waals surface area contributed by atoms with E-state index in [4.69, 9.17) is 28.6 Å². The van der Waals surface area contributed by atoms with Crippen molar-refractivity contribution in [2.45, 2.75) is 26.5 Å². The second kappa shape index (κ2) is 8.78. The summed E-state index contributed by atoms with van der Waals surface area (Å²) in [6, 6.07) is 13.3. The first-order valence-corrected chi connectivity index (χ1v) is 10.7. The lowest BCUT2D eigenvalue weighted by atomic mass is 10.1. The molecule has 0 radical (unpaired) electrons. The zero-order valence-electron chi connectivity index (χ0n) is 14.7. The molecule has 0 bridgehead atoms. The van der Waals surface area contributed by atoms with Gasteiger partial charge in [0.2, 0.25) is 0 Å². The quantitative estimate of drug-likeness (QED) is 0.370. The van der Waals surface area contributed by atoms with Crippen molar-refractivity contribution < 1.29 is 9.53 Å². The van der Waals surface area contributed by atoms with E-state index >= 15 is 0 Å². The molecule has 0 N–H and O–H groups in total. The van der Waals surface area contributed by atoms with E-state index in [1.807, 2.05) is 62.4 Å². The Morgan fingerprint density at radius 2 is 1.96 bits per heavy atom. The van der Waals surface area contributed by atoms with Crippen LogP contribution in [0.25, 0.3) is 6.08 Å². The third-order valence-electron chi connectivity index (χ3n) is 3.91. The lowest BCUT2D eigenvalue weighted by Gasteiger charge is -2.18. The van der Waals surface area contributed by atoms with Gasteiger partial charge in [-0.25, -0.2) is 0 Å². The monoisotopic (exact) mass is 481 g/mol. The minimum absolute atomic E-state index is 0.0338. The maximum Gasteiger partial charge on any atom is 0.266 e. The van der Waals surface area contributed by atoms with E-state index in [-0.39, 0.29) is 11.9 Å². The molecule has 0 saturated carbocycles. The van der Waals surface area contributed by atoms with Crippen LogP contribution in [0.3, 0.4) is 0 Å². The smallest absolute Gasteiger partial charge is 0.266 e. The fraction of sp³-hybridized carbons (Fsp3) is 0.200. The fourth-order valence-electron chi connectivity index (χ4n) is 2.57. The summed E-state index contributed by atoms with van der Waals surface area (Å²) >= 11 is 16.1. The topological polar surface area (TPSA) is 29.5 Å². The lowest BCUT2D eigenvalue weighted by molar-refractivity contribution is -0.123. The number of benzene rings is 2. The van der Waals surface area contributed by atoms with Crippen molar-refractivity contribution in [3.63, 3.8) is 0 Å². The molecular formula is C20H17BrClNO2S2. The number of carbonyl (C=O) groups excluding carboxylic acids is 1. The van der Waals surface area contributed by atoms with Crippen molar-refractivity contribution >= 4 is 67.8 Å². The zero-order valence-corrected chi connectivity index (χ0v) is 18.7. The number of ether oxygens (including phenoxy) is 1. The van der Waals surface area contributed by atoms with Crippen molar-refractivity contribution in [2.24, 2.45) is 0 Å². The van der Waals surface area contributed by atoms with Gasteiger partial charge in [0.1, 0.15) is 16.7 Å². The molecule has 1 heterocycles. The number of nitrogens with zero attached hydrogens (tertiary/aromatic N) is 1. The van der Waals surface area contributed by atoms with E-state index < -0.39 is 0 Å². The van der Waals surface area contributed by atoms with E-state index in [1.165, 1.54) is 11.8 Å². The summed E-state index contributed by atoms with van der Waals surface area (Å²) in [6.45, 7) is 4.31. The molecule has 7 heteroatoms. The fourth-order valence-corrected chi connectivity index (χ4v) is 4.59. The highest BCUT2D eigenvalue weighted by atomic mass is 79.9. The maximum atomic E-state index is 12.7. The second-order valence-electron chi connectivity index (χ2n) is 6.24. The van der Waals surface area contributed by atoms with Crippen LogP contribution in [-0.4, -0.2) is 21.2 Å². The molecule has 3 rings (SSSR count). The van der Waals surface area contributed by atoms with Crippen LogP contribution in [0.2, 0.25) is 5.02 Å². The Kier molecular flexibility index (Phi) is 6.63. The van der Waals surface area contributed by atoms with E-state index in [0.717, 1.165) is 15.6 Å². The summed E-state index contributed by atoms with van der Waals surface area (Å²) in [4.78, 5) is 14.9. The predicted molar refractivity (Wildman–Crippen MR) is 120 cm³/mol. The molecule has 1 amide bonds.